The highest BCUT2D eigenvalue weighted by Gasteiger charge is 2.10. The van der Waals surface area contributed by atoms with E-state index in [9.17, 15) is 12.8 Å². The van der Waals surface area contributed by atoms with E-state index < -0.39 is 10.0 Å². The molecule has 0 aromatic heterocycles. The Labute approximate surface area is 113 Å². The summed E-state index contributed by atoms with van der Waals surface area (Å²) < 4.78 is 38.3. The van der Waals surface area contributed by atoms with Gasteiger partial charge in [0, 0.05) is 6.54 Å². The summed E-state index contributed by atoms with van der Waals surface area (Å²) in [6.45, 7) is 0.945. The Morgan fingerprint density at radius 2 is 1.78 bits per heavy atom. The van der Waals surface area contributed by atoms with Crippen LogP contribution in [0, 0.1) is 5.82 Å². The number of halogens is 2. The molecule has 1 aromatic carbocycles. The Kier molecular flexibility index (Phi) is 8.10. The quantitative estimate of drug-likeness (QED) is 0.747. The summed E-state index contributed by atoms with van der Waals surface area (Å²) in [5, 5.41) is 0. The molecule has 0 aliphatic heterocycles. The molecule has 0 aliphatic carbocycles. The van der Waals surface area contributed by atoms with E-state index in [2.05, 4.69) is 4.72 Å². The molecule has 0 heterocycles. The number of hydrogen-bond donors (Lipinski definition) is 2. The molecule has 0 saturated carbocycles. The third-order valence-corrected chi connectivity index (χ3v) is 3.58. The first kappa shape index (κ1) is 17.3. The van der Waals surface area contributed by atoms with E-state index in [1.807, 2.05) is 0 Å². The predicted molar refractivity (Wildman–Crippen MR) is 72.6 cm³/mol. The zero-order chi connectivity index (χ0) is 12.7. The van der Waals surface area contributed by atoms with Crippen molar-refractivity contribution in [1.29, 1.82) is 0 Å². The zero-order valence-electron chi connectivity index (χ0n) is 9.93. The summed E-state index contributed by atoms with van der Waals surface area (Å²) in [4.78, 5) is 0. The molecule has 4 nitrogen and oxygen atoms in total. The van der Waals surface area contributed by atoms with Crippen LogP contribution in [-0.4, -0.2) is 21.5 Å². The first-order valence-corrected chi connectivity index (χ1v) is 7.10. The third kappa shape index (κ3) is 6.90. The van der Waals surface area contributed by atoms with Gasteiger partial charge in [-0.2, -0.15) is 0 Å². The molecule has 0 bridgehead atoms. The van der Waals surface area contributed by atoms with Crippen molar-refractivity contribution in [2.45, 2.75) is 18.6 Å². The molecule has 0 aliphatic rings. The SMILES string of the molecule is Cl.NCCCCNS(=O)(=O)Cc1ccc(F)cc1. The zero-order valence-corrected chi connectivity index (χ0v) is 11.6. The van der Waals surface area contributed by atoms with Crippen LogP contribution in [0.25, 0.3) is 0 Å². The number of rotatable bonds is 7. The number of nitrogens with two attached hydrogens (primary N) is 1. The molecular weight excluding hydrogens is 279 g/mol. The van der Waals surface area contributed by atoms with Crippen LogP contribution >= 0.6 is 12.4 Å². The minimum atomic E-state index is -3.34. The van der Waals surface area contributed by atoms with Crippen LogP contribution < -0.4 is 10.5 Å². The van der Waals surface area contributed by atoms with Gasteiger partial charge in [0.15, 0.2) is 0 Å². The Bertz CT molecular complexity index is 437. The van der Waals surface area contributed by atoms with Crippen molar-refractivity contribution in [2.75, 3.05) is 13.1 Å². The maximum atomic E-state index is 12.6. The number of sulfonamides is 1. The van der Waals surface area contributed by atoms with Crippen LogP contribution in [0.3, 0.4) is 0 Å². The maximum absolute atomic E-state index is 12.6. The fourth-order valence-electron chi connectivity index (χ4n) is 1.35. The van der Waals surface area contributed by atoms with E-state index in [0.717, 1.165) is 12.8 Å². The van der Waals surface area contributed by atoms with Crippen LogP contribution in [0.1, 0.15) is 18.4 Å². The average Bonchev–Trinajstić information content (AvgIpc) is 2.27. The normalized spacial score (nSPS) is 11.0. The number of benzene rings is 1. The fraction of sp³-hybridized carbons (Fsp3) is 0.455. The lowest BCUT2D eigenvalue weighted by Gasteiger charge is -2.06. The highest BCUT2D eigenvalue weighted by molar-refractivity contribution is 7.88. The highest BCUT2D eigenvalue weighted by Crippen LogP contribution is 2.06. The highest BCUT2D eigenvalue weighted by atomic mass is 35.5. The van der Waals surface area contributed by atoms with E-state index >= 15 is 0 Å². The molecule has 0 fully saturated rings. The summed E-state index contributed by atoms with van der Waals surface area (Å²) in [6.07, 6.45) is 1.51. The minimum absolute atomic E-state index is 0. The standard InChI is InChI=1S/C11H17FN2O2S.ClH/c12-11-5-3-10(4-6-11)9-17(15,16)14-8-2-1-7-13;/h3-6,14H,1-2,7-9,13H2;1H. The second kappa shape index (κ2) is 8.42. The third-order valence-electron chi connectivity index (χ3n) is 2.22. The number of nitrogens with one attached hydrogen (secondary N) is 1. The summed E-state index contributed by atoms with van der Waals surface area (Å²) >= 11 is 0. The van der Waals surface area contributed by atoms with Gasteiger partial charge in [-0.05, 0) is 37.1 Å². The second-order valence-electron chi connectivity index (χ2n) is 3.78. The largest absolute Gasteiger partial charge is 0.330 e. The van der Waals surface area contributed by atoms with Gasteiger partial charge in [-0.25, -0.2) is 17.5 Å². The van der Waals surface area contributed by atoms with Crippen molar-refractivity contribution in [2.24, 2.45) is 5.73 Å². The van der Waals surface area contributed by atoms with Crippen molar-refractivity contribution in [3.63, 3.8) is 0 Å². The van der Waals surface area contributed by atoms with Crippen molar-refractivity contribution in [3.8, 4) is 0 Å². The van der Waals surface area contributed by atoms with Gasteiger partial charge in [0.25, 0.3) is 0 Å². The van der Waals surface area contributed by atoms with E-state index in [4.69, 9.17) is 5.73 Å². The molecule has 0 radical (unpaired) electrons. The van der Waals surface area contributed by atoms with Gasteiger partial charge >= 0.3 is 0 Å². The van der Waals surface area contributed by atoms with Gasteiger partial charge in [-0.3, -0.25) is 0 Å². The molecule has 7 heteroatoms. The van der Waals surface area contributed by atoms with Crippen molar-refractivity contribution < 1.29 is 12.8 Å². The number of unbranched alkanes of at least 4 members (excludes halogenated alkanes) is 1. The van der Waals surface area contributed by atoms with Gasteiger partial charge in [-0.15, -0.1) is 12.4 Å². The Hall–Kier alpha value is -0.690. The van der Waals surface area contributed by atoms with E-state index in [-0.39, 0.29) is 24.0 Å². The molecule has 0 saturated heterocycles. The van der Waals surface area contributed by atoms with Crippen molar-refractivity contribution >= 4 is 22.4 Å². The van der Waals surface area contributed by atoms with Gasteiger partial charge < -0.3 is 5.73 Å². The van der Waals surface area contributed by atoms with Gasteiger partial charge in [-0.1, -0.05) is 12.1 Å². The maximum Gasteiger partial charge on any atom is 0.215 e. The summed E-state index contributed by atoms with van der Waals surface area (Å²) in [7, 11) is -3.34. The lowest BCUT2D eigenvalue weighted by molar-refractivity contribution is 0.576. The molecule has 1 aromatic rings. The van der Waals surface area contributed by atoms with Crippen LogP contribution in [0.5, 0.6) is 0 Å². The Morgan fingerprint density at radius 1 is 1.17 bits per heavy atom. The fourth-order valence-corrected chi connectivity index (χ4v) is 2.54. The first-order valence-electron chi connectivity index (χ1n) is 5.45. The predicted octanol–water partition coefficient (Wildman–Crippen LogP) is 1.41. The lowest BCUT2D eigenvalue weighted by Crippen LogP contribution is -2.26. The van der Waals surface area contributed by atoms with Crippen LogP contribution in [0.15, 0.2) is 24.3 Å². The summed E-state index contributed by atoms with van der Waals surface area (Å²) in [6, 6.07) is 5.43. The molecule has 18 heavy (non-hydrogen) atoms. The Morgan fingerprint density at radius 3 is 2.33 bits per heavy atom. The molecule has 104 valence electrons. The van der Waals surface area contributed by atoms with Crippen LogP contribution in [0.4, 0.5) is 4.39 Å². The van der Waals surface area contributed by atoms with Crippen LogP contribution in [-0.2, 0) is 15.8 Å². The summed E-state index contributed by atoms with van der Waals surface area (Å²) in [5.41, 5.74) is 5.87. The molecule has 0 amide bonds. The molecule has 0 unspecified atom stereocenters. The summed E-state index contributed by atoms with van der Waals surface area (Å²) in [5.74, 6) is -0.502. The van der Waals surface area contributed by atoms with E-state index in [0.29, 0.717) is 18.7 Å². The van der Waals surface area contributed by atoms with E-state index in [1.54, 1.807) is 0 Å². The van der Waals surface area contributed by atoms with Crippen LogP contribution in [0.2, 0.25) is 0 Å². The Balaban J connectivity index is 0.00000289. The number of hydrogen-bond acceptors (Lipinski definition) is 3. The minimum Gasteiger partial charge on any atom is -0.330 e. The van der Waals surface area contributed by atoms with Gasteiger partial charge in [0.05, 0.1) is 5.75 Å². The average molecular weight is 297 g/mol. The molecule has 1 rings (SSSR count). The van der Waals surface area contributed by atoms with Crippen molar-refractivity contribution in [1.82, 2.24) is 4.72 Å². The smallest absolute Gasteiger partial charge is 0.215 e. The molecule has 3 N–H and O–H groups in total. The molecular formula is C11H18ClFN2O2S. The lowest BCUT2D eigenvalue weighted by atomic mass is 10.2. The molecule has 0 spiro atoms. The molecule has 0 atom stereocenters. The van der Waals surface area contributed by atoms with Gasteiger partial charge in [0.1, 0.15) is 5.82 Å². The van der Waals surface area contributed by atoms with Gasteiger partial charge in [0.2, 0.25) is 10.0 Å². The first-order chi connectivity index (χ1) is 8.03. The van der Waals surface area contributed by atoms with E-state index in [1.165, 1.54) is 24.3 Å². The van der Waals surface area contributed by atoms with Crippen molar-refractivity contribution in [3.05, 3.63) is 35.6 Å². The monoisotopic (exact) mass is 296 g/mol. The topological polar surface area (TPSA) is 72.2 Å². The second-order valence-corrected chi connectivity index (χ2v) is 5.58.